The highest BCUT2D eigenvalue weighted by molar-refractivity contribution is 5.79. The fourth-order valence-electron chi connectivity index (χ4n) is 2.93. The Bertz CT molecular complexity index is 311. The Hall–Kier alpha value is -1.04. The van der Waals surface area contributed by atoms with Gasteiger partial charge in [0.1, 0.15) is 0 Å². The van der Waals surface area contributed by atoms with Crippen molar-refractivity contribution in [2.75, 3.05) is 6.54 Å². The fourth-order valence-corrected chi connectivity index (χ4v) is 2.93. The van der Waals surface area contributed by atoms with Gasteiger partial charge in [-0.05, 0) is 38.5 Å². The average Bonchev–Trinajstić information content (AvgIpc) is 3.04. The predicted octanol–water partition coefficient (Wildman–Crippen LogP) is 2.72. The molecule has 17 heavy (non-hydrogen) atoms. The SMILES string of the molecule is CC(C1CC1)N(CCC#N)C(=O)C1CCCC1. The topological polar surface area (TPSA) is 44.1 Å². The molecular weight excluding hydrogens is 212 g/mol. The normalized spacial score (nSPS) is 22.1. The quantitative estimate of drug-likeness (QED) is 0.734. The Kier molecular flexibility index (Phi) is 4.04. The molecule has 3 nitrogen and oxygen atoms in total. The van der Waals surface area contributed by atoms with Crippen molar-refractivity contribution < 1.29 is 4.79 Å². The number of carbonyl (C=O) groups excluding carboxylic acids is 1. The zero-order chi connectivity index (χ0) is 12.3. The molecule has 2 aliphatic rings. The first kappa shape index (κ1) is 12.4. The van der Waals surface area contributed by atoms with E-state index in [1.807, 2.05) is 4.90 Å². The van der Waals surface area contributed by atoms with E-state index in [4.69, 9.17) is 5.26 Å². The van der Waals surface area contributed by atoms with Crippen molar-refractivity contribution in [1.82, 2.24) is 4.90 Å². The third-order valence-electron chi connectivity index (χ3n) is 4.25. The number of amides is 1. The summed E-state index contributed by atoms with van der Waals surface area (Å²) >= 11 is 0. The van der Waals surface area contributed by atoms with Crippen LogP contribution in [0.4, 0.5) is 0 Å². The van der Waals surface area contributed by atoms with E-state index in [-0.39, 0.29) is 5.92 Å². The summed E-state index contributed by atoms with van der Waals surface area (Å²) in [5.74, 6) is 1.26. The molecule has 2 saturated carbocycles. The first-order chi connectivity index (χ1) is 8.24. The zero-order valence-corrected chi connectivity index (χ0v) is 10.7. The van der Waals surface area contributed by atoms with Crippen LogP contribution >= 0.6 is 0 Å². The predicted molar refractivity (Wildman–Crippen MR) is 66.1 cm³/mol. The van der Waals surface area contributed by atoms with Crippen LogP contribution in [0.15, 0.2) is 0 Å². The van der Waals surface area contributed by atoms with E-state index in [9.17, 15) is 4.79 Å². The molecule has 0 aliphatic heterocycles. The summed E-state index contributed by atoms with van der Waals surface area (Å²) in [7, 11) is 0. The van der Waals surface area contributed by atoms with Crippen molar-refractivity contribution in [2.24, 2.45) is 11.8 Å². The molecule has 2 aliphatic carbocycles. The van der Waals surface area contributed by atoms with Gasteiger partial charge in [0.05, 0.1) is 12.5 Å². The van der Waals surface area contributed by atoms with Gasteiger partial charge in [0.2, 0.25) is 5.91 Å². The molecule has 0 saturated heterocycles. The molecule has 0 bridgehead atoms. The first-order valence-electron chi connectivity index (χ1n) is 6.91. The second-order valence-electron chi connectivity index (χ2n) is 5.50. The van der Waals surface area contributed by atoms with Gasteiger partial charge in [-0.25, -0.2) is 0 Å². The molecule has 0 spiro atoms. The Morgan fingerprint density at radius 2 is 2.00 bits per heavy atom. The number of nitrogens with zero attached hydrogens (tertiary/aromatic N) is 2. The molecule has 94 valence electrons. The summed E-state index contributed by atoms with van der Waals surface area (Å²) in [6, 6.07) is 2.51. The largest absolute Gasteiger partial charge is 0.338 e. The summed E-state index contributed by atoms with van der Waals surface area (Å²) in [4.78, 5) is 14.4. The second-order valence-corrected chi connectivity index (χ2v) is 5.50. The minimum Gasteiger partial charge on any atom is -0.338 e. The van der Waals surface area contributed by atoms with Gasteiger partial charge in [-0.2, -0.15) is 5.26 Å². The number of hydrogen-bond acceptors (Lipinski definition) is 2. The monoisotopic (exact) mass is 234 g/mol. The average molecular weight is 234 g/mol. The summed E-state index contributed by atoms with van der Waals surface area (Å²) < 4.78 is 0. The lowest BCUT2D eigenvalue weighted by Gasteiger charge is -2.31. The first-order valence-corrected chi connectivity index (χ1v) is 6.91. The summed E-state index contributed by atoms with van der Waals surface area (Å²) in [6.45, 7) is 2.78. The van der Waals surface area contributed by atoms with Crippen molar-refractivity contribution in [3.63, 3.8) is 0 Å². The lowest BCUT2D eigenvalue weighted by Crippen LogP contribution is -2.43. The van der Waals surface area contributed by atoms with Crippen molar-refractivity contribution in [1.29, 1.82) is 5.26 Å². The molecule has 3 heteroatoms. The van der Waals surface area contributed by atoms with Crippen LogP contribution in [0.2, 0.25) is 0 Å². The molecule has 0 radical (unpaired) electrons. The van der Waals surface area contributed by atoms with E-state index in [0.717, 1.165) is 12.8 Å². The fraction of sp³-hybridized carbons (Fsp3) is 0.857. The Balaban J connectivity index is 1.97. The summed E-state index contributed by atoms with van der Waals surface area (Å²) in [5, 5.41) is 8.71. The van der Waals surface area contributed by atoms with Gasteiger partial charge in [-0.15, -0.1) is 0 Å². The highest BCUT2D eigenvalue weighted by Gasteiger charge is 2.36. The Labute approximate surface area is 104 Å². The van der Waals surface area contributed by atoms with Crippen LogP contribution in [-0.4, -0.2) is 23.4 Å². The smallest absolute Gasteiger partial charge is 0.225 e. The van der Waals surface area contributed by atoms with E-state index in [2.05, 4.69) is 13.0 Å². The molecule has 0 aromatic carbocycles. The molecule has 0 aromatic heterocycles. The Morgan fingerprint density at radius 3 is 2.53 bits per heavy atom. The van der Waals surface area contributed by atoms with Crippen LogP contribution in [-0.2, 0) is 4.79 Å². The zero-order valence-electron chi connectivity index (χ0n) is 10.7. The minimum absolute atomic E-state index is 0.245. The van der Waals surface area contributed by atoms with E-state index < -0.39 is 0 Å². The number of carbonyl (C=O) groups is 1. The second kappa shape index (κ2) is 5.53. The van der Waals surface area contributed by atoms with Crippen LogP contribution in [0.3, 0.4) is 0 Å². The van der Waals surface area contributed by atoms with Crippen molar-refractivity contribution in [2.45, 2.75) is 57.9 Å². The summed E-state index contributed by atoms with van der Waals surface area (Å²) in [5.41, 5.74) is 0. The molecule has 0 heterocycles. The van der Waals surface area contributed by atoms with Gasteiger partial charge < -0.3 is 4.90 Å². The van der Waals surface area contributed by atoms with Gasteiger partial charge in [0.15, 0.2) is 0 Å². The maximum atomic E-state index is 12.4. The summed E-state index contributed by atoms with van der Waals surface area (Å²) in [6.07, 6.45) is 7.47. The van der Waals surface area contributed by atoms with Gasteiger partial charge >= 0.3 is 0 Å². The van der Waals surface area contributed by atoms with Crippen molar-refractivity contribution in [3.8, 4) is 6.07 Å². The molecule has 2 rings (SSSR count). The number of nitriles is 1. The molecule has 0 N–H and O–H groups in total. The van der Waals surface area contributed by atoms with Crippen LogP contribution in [0.5, 0.6) is 0 Å². The van der Waals surface area contributed by atoms with Gasteiger partial charge in [0.25, 0.3) is 0 Å². The van der Waals surface area contributed by atoms with Crippen molar-refractivity contribution >= 4 is 5.91 Å². The third-order valence-corrected chi connectivity index (χ3v) is 4.25. The number of hydrogen-bond donors (Lipinski definition) is 0. The standard InChI is InChI=1S/C14H22N2O/c1-11(12-7-8-12)16(10-4-9-15)14(17)13-5-2-3-6-13/h11-13H,2-8,10H2,1H3. The van der Waals surface area contributed by atoms with E-state index in [1.165, 1.54) is 25.7 Å². The lowest BCUT2D eigenvalue weighted by atomic mass is 10.0. The molecule has 1 unspecified atom stereocenters. The van der Waals surface area contributed by atoms with Crippen LogP contribution in [0.1, 0.15) is 51.9 Å². The molecule has 1 atom stereocenters. The molecule has 1 amide bonds. The maximum Gasteiger partial charge on any atom is 0.225 e. The van der Waals surface area contributed by atoms with Crippen LogP contribution < -0.4 is 0 Å². The van der Waals surface area contributed by atoms with Gasteiger partial charge in [-0.1, -0.05) is 12.8 Å². The highest BCUT2D eigenvalue weighted by Crippen LogP contribution is 2.37. The third kappa shape index (κ3) is 3.00. The molecular formula is C14H22N2O. The lowest BCUT2D eigenvalue weighted by molar-refractivity contribution is -0.137. The minimum atomic E-state index is 0.245. The number of rotatable bonds is 5. The van der Waals surface area contributed by atoms with E-state index in [1.54, 1.807) is 0 Å². The molecule has 2 fully saturated rings. The molecule has 0 aromatic rings. The van der Waals surface area contributed by atoms with Gasteiger partial charge in [0, 0.05) is 18.5 Å². The highest BCUT2D eigenvalue weighted by atomic mass is 16.2. The van der Waals surface area contributed by atoms with Crippen LogP contribution in [0, 0.1) is 23.2 Å². The van der Waals surface area contributed by atoms with E-state index in [0.29, 0.717) is 30.8 Å². The van der Waals surface area contributed by atoms with Crippen LogP contribution in [0.25, 0.3) is 0 Å². The van der Waals surface area contributed by atoms with Crippen molar-refractivity contribution in [3.05, 3.63) is 0 Å². The van der Waals surface area contributed by atoms with Gasteiger partial charge in [-0.3, -0.25) is 4.79 Å². The maximum absolute atomic E-state index is 12.4. The Morgan fingerprint density at radius 1 is 1.35 bits per heavy atom. The van der Waals surface area contributed by atoms with E-state index >= 15 is 0 Å².